The molecular weight excluding hydrogens is 423 g/mol. The molecule has 0 aliphatic rings. The summed E-state index contributed by atoms with van der Waals surface area (Å²) in [7, 11) is -3.33. The third-order valence-electron chi connectivity index (χ3n) is 4.44. The van der Waals surface area contributed by atoms with Gasteiger partial charge in [0.1, 0.15) is 5.69 Å². The van der Waals surface area contributed by atoms with Crippen LogP contribution in [0.2, 0.25) is 0 Å². The van der Waals surface area contributed by atoms with Gasteiger partial charge in [0.15, 0.2) is 7.14 Å². The van der Waals surface area contributed by atoms with Crippen LogP contribution in [-0.4, -0.2) is 21.9 Å². The summed E-state index contributed by atoms with van der Waals surface area (Å²) >= 11 is 0. The normalized spacial score (nSPS) is 10.8. The lowest BCUT2D eigenvalue weighted by molar-refractivity contribution is -0.393. The molecule has 0 spiro atoms. The summed E-state index contributed by atoms with van der Waals surface area (Å²) in [6.07, 6.45) is -0.380. The lowest BCUT2D eigenvalue weighted by atomic mass is 10.2. The van der Waals surface area contributed by atoms with Gasteiger partial charge < -0.3 is 4.57 Å². The number of anilines is 1. The first kappa shape index (κ1) is 21.7. The Morgan fingerprint density at radius 1 is 0.839 bits per heavy atom. The summed E-state index contributed by atoms with van der Waals surface area (Å²) < 4.78 is 13.9. The van der Waals surface area contributed by atoms with Crippen LogP contribution in [0.1, 0.15) is 0 Å². The number of non-ortho nitro benzene ring substituents is 1. The van der Waals surface area contributed by atoms with Crippen LogP contribution in [0.4, 0.5) is 17.1 Å². The van der Waals surface area contributed by atoms with Gasteiger partial charge in [0, 0.05) is 16.7 Å². The minimum Gasteiger partial charge on any atom is -0.313 e. The number of hydrogen-bond acceptors (Lipinski definition) is 7. The molecular formula is C20H17N4O6P. The SMILES string of the molecule is O=C(CP(=O)(c1ccccc1)c1ccccc1)NNc1ccc([N+](=O)[O-])cc1[N+](=O)[O-]. The topological polar surface area (TPSA) is 144 Å². The van der Waals surface area contributed by atoms with Crippen molar-refractivity contribution in [3.05, 3.63) is 99.1 Å². The van der Waals surface area contributed by atoms with Crippen molar-refractivity contribution in [2.75, 3.05) is 11.6 Å². The Bertz CT molecular complexity index is 1130. The van der Waals surface area contributed by atoms with Crippen molar-refractivity contribution in [3.63, 3.8) is 0 Å². The first-order chi connectivity index (χ1) is 14.8. The molecule has 3 aromatic carbocycles. The first-order valence-electron chi connectivity index (χ1n) is 8.99. The number of hydrazine groups is 1. The van der Waals surface area contributed by atoms with Gasteiger partial charge in [-0.1, -0.05) is 60.7 Å². The molecule has 10 nitrogen and oxygen atoms in total. The molecule has 0 aliphatic heterocycles. The van der Waals surface area contributed by atoms with Crippen molar-refractivity contribution in [1.82, 2.24) is 5.43 Å². The molecule has 0 aromatic heterocycles. The van der Waals surface area contributed by atoms with E-state index in [4.69, 9.17) is 0 Å². The molecule has 0 bridgehead atoms. The van der Waals surface area contributed by atoms with Crippen LogP contribution < -0.4 is 21.5 Å². The number of nitro benzene ring substituents is 2. The number of benzene rings is 3. The van der Waals surface area contributed by atoms with Gasteiger partial charge in [-0.15, -0.1) is 0 Å². The number of nitro groups is 2. The Labute approximate surface area is 176 Å². The highest BCUT2D eigenvalue weighted by molar-refractivity contribution is 7.79. The Hall–Kier alpha value is -4.04. The number of carbonyl (C=O) groups is 1. The quantitative estimate of drug-likeness (QED) is 0.311. The number of nitrogens with zero attached hydrogens (tertiary/aromatic N) is 2. The second kappa shape index (κ2) is 9.19. The predicted molar refractivity (Wildman–Crippen MR) is 116 cm³/mol. The number of nitrogens with one attached hydrogen (secondary N) is 2. The summed E-state index contributed by atoms with van der Waals surface area (Å²) in [4.78, 5) is 33.1. The maximum atomic E-state index is 13.9. The van der Waals surface area contributed by atoms with Gasteiger partial charge in [0.2, 0.25) is 5.91 Å². The van der Waals surface area contributed by atoms with Crippen molar-refractivity contribution in [1.29, 1.82) is 0 Å². The van der Waals surface area contributed by atoms with Crippen LogP contribution in [-0.2, 0) is 9.36 Å². The van der Waals surface area contributed by atoms with Crippen molar-refractivity contribution in [2.45, 2.75) is 0 Å². The molecule has 11 heteroatoms. The number of amides is 1. The highest BCUT2D eigenvalue weighted by Crippen LogP contribution is 2.42. The van der Waals surface area contributed by atoms with Crippen molar-refractivity contribution in [2.24, 2.45) is 0 Å². The summed E-state index contributed by atoms with van der Waals surface area (Å²) in [6.45, 7) is 0. The average molecular weight is 440 g/mol. The van der Waals surface area contributed by atoms with Crippen LogP contribution in [0.25, 0.3) is 0 Å². The number of hydrogen-bond donors (Lipinski definition) is 2. The summed E-state index contributed by atoms with van der Waals surface area (Å²) in [5, 5.41) is 23.1. The molecule has 0 aliphatic carbocycles. The maximum absolute atomic E-state index is 13.9. The highest BCUT2D eigenvalue weighted by atomic mass is 31.2. The molecule has 0 saturated carbocycles. The fourth-order valence-corrected chi connectivity index (χ4v) is 5.39. The Morgan fingerprint density at radius 2 is 1.39 bits per heavy atom. The lowest BCUT2D eigenvalue weighted by Gasteiger charge is -2.19. The molecule has 158 valence electrons. The van der Waals surface area contributed by atoms with E-state index in [1.165, 1.54) is 0 Å². The maximum Gasteiger partial charge on any atom is 0.300 e. The zero-order valence-corrected chi connectivity index (χ0v) is 16.9. The molecule has 0 radical (unpaired) electrons. The molecule has 0 heterocycles. The predicted octanol–water partition coefficient (Wildman–Crippen LogP) is 2.96. The Morgan fingerprint density at radius 3 is 1.87 bits per heavy atom. The lowest BCUT2D eigenvalue weighted by Crippen LogP contribution is -2.35. The second-order valence-corrected chi connectivity index (χ2v) is 9.29. The fourth-order valence-electron chi connectivity index (χ4n) is 2.94. The third-order valence-corrected chi connectivity index (χ3v) is 7.44. The molecule has 3 rings (SSSR count). The molecule has 3 aromatic rings. The zero-order valence-electron chi connectivity index (χ0n) is 16.0. The third kappa shape index (κ3) is 4.93. The highest BCUT2D eigenvalue weighted by Gasteiger charge is 2.30. The van der Waals surface area contributed by atoms with Crippen molar-refractivity contribution in [3.8, 4) is 0 Å². The van der Waals surface area contributed by atoms with E-state index in [1.807, 2.05) is 0 Å². The molecule has 0 unspecified atom stereocenters. The van der Waals surface area contributed by atoms with Gasteiger partial charge in [0.25, 0.3) is 5.69 Å². The van der Waals surface area contributed by atoms with E-state index in [0.717, 1.165) is 18.2 Å². The van der Waals surface area contributed by atoms with Crippen molar-refractivity contribution >= 4 is 40.7 Å². The van der Waals surface area contributed by atoms with E-state index in [1.54, 1.807) is 60.7 Å². The van der Waals surface area contributed by atoms with E-state index >= 15 is 0 Å². The van der Waals surface area contributed by atoms with E-state index in [0.29, 0.717) is 10.6 Å². The Kier molecular flexibility index (Phi) is 6.42. The van der Waals surface area contributed by atoms with Gasteiger partial charge in [-0.25, -0.2) is 0 Å². The van der Waals surface area contributed by atoms with Gasteiger partial charge >= 0.3 is 5.69 Å². The largest absolute Gasteiger partial charge is 0.313 e. The van der Waals surface area contributed by atoms with Crippen LogP contribution in [0, 0.1) is 20.2 Å². The molecule has 1 amide bonds. The minimum atomic E-state index is -3.33. The minimum absolute atomic E-state index is 0.141. The zero-order chi connectivity index (χ0) is 22.4. The second-order valence-electron chi connectivity index (χ2n) is 6.46. The van der Waals surface area contributed by atoms with Crippen LogP contribution >= 0.6 is 7.14 Å². The fraction of sp³-hybridized carbons (Fsp3) is 0.0500. The van der Waals surface area contributed by atoms with Gasteiger partial charge in [-0.05, 0) is 6.07 Å². The van der Waals surface area contributed by atoms with E-state index in [2.05, 4.69) is 10.9 Å². The summed E-state index contributed by atoms with van der Waals surface area (Å²) in [5.74, 6) is -0.663. The standard InChI is InChI=1S/C20H17N4O6P/c25-20(22-21-18-12-11-15(23(26)27)13-19(18)24(28)29)14-31(30,16-7-3-1-4-8-16)17-9-5-2-6-10-17/h1-13,21H,14H2,(H,22,25). The van der Waals surface area contributed by atoms with Gasteiger partial charge in [-0.2, -0.15) is 0 Å². The number of carbonyl (C=O) groups excluding carboxylic acids is 1. The van der Waals surface area contributed by atoms with Crippen LogP contribution in [0.15, 0.2) is 78.9 Å². The number of rotatable bonds is 8. The average Bonchev–Trinajstić information content (AvgIpc) is 2.78. The molecule has 0 atom stereocenters. The molecule has 0 fully saturated rings. The molecule has 2 N–H and O–H groups in total. The van der Waals surface area contributed by atoms with Crippen LogP contribution in [0.5, 0.6) is 0 Å². The van der Waals surface area contributed by atoms with Gasteiger partial charge in [-0.3, -0.25) is 35.9 Å². The smallest absolute Gasteiger partial charge is 0.300 e. The summed E-state index contributed by atoms with van der Waals surface area (Å²) in [6, 6.07) is 20.1. The van der Waals surface area contributed by atoms with Crippen molar-refractivity contribution < 1.29 is 19.2 Å². The van der Waals surface area contributed by atoms with Gasteiger partial charge in [0.05, 0.1) is 22.1 Å². The molecule has 0 saturated heterocycles. The van der Waals surface area contributed by atoms with E-state index < -0.39 is 34.3 Å². The molecule has 31 heavy (non-hydrogen) atoms. The van der Waals surface area contributed by atoms with E-state index in [9.17, 15) is 29.6 Å². The van der Waals surface area contributed by atoms with E-state index in [-0.39, 0.29) is 11.8 Å². The Balaban J connectivity index is 1.83. The van der Waals surface area contributed by atoms with Crippen LogP contribution in [0.3, 0.4) is 0 Å². The summed E-state index contributed by atoms with van der Waals surface area (Å²) in [5.41, 5.74) is 3.53. The monoisotopic (exact) mass is 440 g/mol. The first-order valence-corrected chi connectivity index (χ1v) is 10.9.